The van der Waals surface area contributed by atoms with Crippen molar-refractivity contribution in [2.75, 3.05) is 0 Å². The summed E-state index contributed by atoms with van der Waals surface area (Å²) in [5.41, 5.74) is 2.14. The Morgan fingerprint density at radius 3 is 3.08 bits per heavy atom. The van der Waals surface area contributed by atoms with Crippen molar-refractivity contribution in [3.63, 3.8) is 0 Å². The molecule has 1 radical (unpaired) electrons. The first-order chi connectivity index (χ1) is 5.68. The van der Waals surface area contributed by atoms with Crippen LogP contribution in [0.1, 0.15) is 5.56 Å². The Bertz CT molecular complexity index is 433. The molecule has 4 heteroatoms. The van der Waals surface area contributed by atoms with Crippen LogP contribution in [0, 0.1) is 13.3 Å². The van der Waals surface area contributed by atoms with Crippen LogP contribution in [0.3, 0.4) is 0 Å². The first kappa shape index (κ1) is 7.09. The van der Waals surface area contributed by atoms with Gasteiger partial charge in [-0.15, -0.1) is 0 Å². The molecule has 0 aliphatic carbocycles. The molecule has 2 heterocycles. The van der Waals surface area contributed by atoms with E-state index in [1.54, 1.807) is 24.6 Å². The van der Waals surface area contributed by atoms with Gasteiger partial charge in [0.1, 0.15) is 5.52 Å². The molecule has 2 aromatic rings. The van der Waals surface area contributed by atoms with E-state index in [9.17, 15) is 5.11 Å². The molecule has 0 aliphatic heterocycles. The fourth-order valence-corrected chi connectivity index (χ4v) is 1.09. The third-order valence-corrected chi connectivity index (χ3v) is 1.78. The number of rotatable bonds is 0. The first-order valence-electron chi connectivity index (χ1n) is 3.59. The lowest BCUT2D eigenvalue weighted by Gasteiger charge is -1.97. The van der Waals surface area contributed by atoms with Crippen molar-refractivity contribution < 1.29 is 5.11 Å². The van der Waals surface area contributed by atoms with Crippen LogP contribution in [-0.2, 0) is 7.05 Å². The van der Waals surface area contributed by atoms with E-state index in [1.165, 1.54) is 0 Å². The predicted molar refractivity (Wildman–Crippen MR) is 43.7 cm³/mol. The molecule has 2 aromatic heterocycles. The van der Waals surface area contributed by atoms with Crippen molar-refractivity contribution in [3.05, 3.63) is 18.0 Å². The summed E-state index contributed by atoms with van der Waals surface area (Å²) in [7, 11) is 1.79. The van der Waals surface area contributed by atoms with Crippen LogP contribution < -0.4 is 0 Å². The normalized spacial score (nSPS) is 10.8. The topological polar surface area (TPSA) is 50.9 Å². The van der Waals surface area contributed by atoms with Crippen molar-refractivity contribution >= 4 is 11.2 Å². The Morgan fingerprint density at radius 1 is 1.58 bits per heavy atom. The second kappa shape index (κ2) is 2.20. The molecule has 2 rings (SSSR count). The van der Waals surface area contributed by atoms with E-state index >= 15 is 0 Å². The van der Waals surface area contributed by atoms with Gasteiger partial charge in [-0.3, -0.25) is 0 Å². The molecule has 0 unspecified atom stereocenters. The maximum atomic E-state index is 9.29. The summed E-state index contributed by atoms with van der Waals surface area (Å²) < 4.78 is 1.65. The summed E-state index contributed by atoms with van der Waals surface area (Å²) in [5, 5.41) is 9.29. The highest BCUT2D eigenvalue weighted by Gasteiger charge is 2.05. The van der Waals surface area contributed by atoms with Crippen molar-refractivity contribution in [3.8, 4) is 5.88 Å². The molecule has 61 valence electrons. The summed E-state index contributed by atoms with van der Waals surface area (Å²) in [6.07, 6.45) is 2.72. The minimum atomic E-state index is 0.0551. The average Bonchev–Trinajstić information content (AvgIpc) is 2.35. The minimum Gasteiger partial charge on any atom is -0.493 e. The van der Waals surface area contributed by atoms with Gasteiger partial charge >= 0.3 is 0 Å². The number of aromatic nitrogens is 3. The summed E-state index contributed by atoms with van der Waals surface area (Å²) in [6, 6.07) is 1.79. The molecule has 0 fully saturated rings. The van der Waals surface area contributed by atoms with E-state index in [1.807, 2.05) is 0 Å². The molecular formula is C8H8N3O. The van der Waals surface area contributed by atoms with E-state index in [0.717, 1.165) is 11.1 Å². The SMILES string of the molecule is Cc1cc2n[c]n(C)c2nc1O. The Morgan fingerprint density at radius 2 is 2.33 bits per heavy atom. The molecule has 0 saturated carbocycles. The van der Waals surface area contributed by atoms with Crippen LogP contribution in [0.25, 0.3) is 11.2 Å². The number of aromatic hydroxyl groups is 1. The Labute approximate surface area is 69.5 Å². The van der Waals surface area contributed by atoms with Gasteiger partial charge in [0, 0.05) is 12.6 Å². The minimum absolute atomic E-state index is 0.0551. The standard InChI is InChI=1S/C8H8N3O/c1-5-3-6-7(10-8(5)12)11(2)4-9-6/h3H,1-2H3,(H,10,12). The lowest BCUT2D eigenvalue weighted by atomic mass is 10.3. The van der Waals surface area contributed by atoms with Gasteiger partial charge in [-0.05, 0) is 13.0 Å². The van der Waals surface area contributed by atoms with Gasteiger partial charge in [0.25, 0.3) is 0 Å². The van der Waals surface area contributed by atoms with Crippen LogP contribution in [0.2, 0.25) is 0 Å². The molecular weight excluding hydrogens is 154 g/mol. The first-order valence-corrected chi connectivity index (χ1v) is 3.59. The smallest absolute Gasteiger partial charge is 0.215 e. The second-order valence-electron chi connectivity index (χ2n) is 2.74. The van der Waals surface area contributed by atoms with Crippen LogP contribution >= 0.6 is 0 Å². The molecule has 0 aliphatic rings. The van der Waals surface area contributed by atoms with E-state index in [4.69, 9.17) is 0 Å². The van der Waals surface area contributed by atoms with Gasteiger partial charge in [-0.2, -0.15) is 4.98 Å². The van der Waals surface area contributed by atoms with Crippen LogP contribution in [0.15, 0.2) is 6.07 Å². The Hall–Kier alpha value is -1.58. The maximum Gasteiger partial charge on any atom is 0.215 e. The van der Waals surface area contributed by atoms with Crippen LogP contribution in [-0.4, -0.2) is 19.6 Å². The van der Waals surface area contributed by atoms with Gasteiger partial charge in [0.15, 0.2) is 12.0 Å². The molecule has 4 nitrogen and oxygen atoms in total. The van der Waals surface area contributed by atoms with E-state index in [2.05, 4.69) is 16.3 Å². The molecule has 0 atom stereocenters. The van der Waals surface area contributed by atoms with Crippen molar-refractivity contribution in [2.45, 2.75) is 6.92 Å². The zero-order valence-electron chi connectivity index (χ0n) is 6.87. The quantitative estimate of drug-likeness (QED) is 0.622. The molecule has 0 saturated heterocycles. The number of nitrogens with zero attached hydrogens (tertiary/aromatic N) is 3. The number of hydrogen-bond donors (Lipinski definition) is 1. The molecule has 1 N–H and O–H groups in total. The molecule has 12 heavy (non-hydrogen) atoms. The van der Waals surface area contributed by atoms with Crippen LogP contribution in [0.5, 0.6) is 5.88 Å². The Kier molecular flexibility index (Phi) is 1.30. The highest BCUT2D eigenvalue weighted by molar-refractivity contribution is 5.72. The third-order valence-electron chi connectivity index (χ3n) is 1.78. The number of fused-ring (bicyclic) bond motifs is 1. The van der Waals surface area contributed by atoms with Gasteiger partial charge < -0.3 is 9.67 Å². The monoisotopic (exact) mass is 162 g/mol. The summed E-state index contributed by atoms with van der Waals surface area (Å²) in [4.78, 5) is 7.94. The molecule has 0 aromatic carbocycles. The Balaban J connectivity index is 2.87. The molecule has 0 bridgehead atoms. The molecule has 0 spiro atoms. The number of hydrogen-bond acceptors (Lipinski definition) is 3. The van der Waals surface area contributed by atoms with Gasteiger partial charge in [0.05, 0.1) is 0 Å². The fraction of sp³-hybridized carbons (Fsp3) is 0.250. The summed E-state index contributed by atoms with van der Waals surface area (Å²) >= 11 is 0. The highest BCUT2D eigenvalue weighted by Crippen LogP contribution is 2.17. The average molecular weight is 162 g/mol. The van der Waals surface area contributed by atoms with E-state index in [0.29, 0.717) is 5.65 Å². The predicted octanol–water partition coefficient (Wildman–Crippen LogP) is 0.783. The summed E-state index contributed by atoms with van der Waals surface area (Å²) in [6.45, 7) is 1.79. The molecule has 0 amide bonds. The van der Waals surface area contributed by atoms with Crippen molar-refractivity contribution in [2.24, 2.45) is 7.05 Å². The number of aryl methyl sites for hydroxylation is 2. The van der Waals surface area contributed by atoms with Gasteiger partial charge in [-0.25, -0.2) is 4.98 Å². The second-order valence-corrected chi connectivity index (χ2v) is 2.74. The zero-order chi connectivity index (χ0) is 8.72. The fourth-order valence-electron chi connectivity index (χ4n) is 1.09. The van der Waals surface area contributed by atoms with Gasteiger partial charge in [-0.1, -0.05) is 0 Å². The number of pyridine rings is 1. The lowest BCUT2D eigenvalue weighted by Crippen LogP contribution is -1.89. The zero-order valence-corrected chi connectivity index (χ0v) is 6.87. The largest absolute Gasteiger partial charge is 0.493 e. The van der Waals surface area contributed by atoms with Gasteiger partial charge in [0.2, 0.25) is 5.88 Å². The van der Waals surface area contributed by atoms with Crippen LogP contribution in [0.4, 0.5) is 0 Å². The highest BCUT2D eigenvalue weighted by atomic mass is 16.3. The number of imidazole rings is 1. The lowest BCUT2D eigenvalue weighted by molar-refractivity contribution is 0.450. The maximum absolute atomic E-state index is 9.29. The third kappa shape index (κ3) is 0.845. The summed E-state index contributed by atoms with van der Waals surface area (Å²) in [5.74, 6) is 0.0551. The van der Waals surface area contributed by atoms with E-state index < -0.39 is 0 Å². The van der Waals surface area contributed by atoms with E-state index in [-0.39, 0.29) is 5.88 Å². The van der Waals surface area contributed by atoms with Crippen molar-refractivity contribution in [1.29, 1.82) is 0 Å². The van der Waals surface area contributed by atoms with Crippen molar-refractivity contribution in [1.82, 2.24) is 14.5 Å².